The first-order chi connectivity index (χ1) is 10.1. The molecule has 0 radical (unpaired) electrons. The zero-order valence-corrected chi connectivity index (χ0v) is 12.1. The summed E-state index contributed by atoms with van der Waals surface area (Å²) in [6.07, 6.45) is 3.36. The van der Waals surface area contributed by atoms with Gasteiger partial charge in [-0.3, -0.25) is 4.79 Å². The Morgan fingerprint density at radius 1 is 1.14 bits per heavy atom. The van der Waals surface area contributed by atoms with E-state index in [4.69, 9.17) is 18.9 Å². The van der Waals surface area contributed by atoms with Crippen LogP contribution in [0.5, 0.6) is 0 Å². The van der Waals surface area contributed by atoms with Gasteiger partial charge >= 0.3 is 11.9 Å². The molecule has 0 aromatic carbocycles. The van der Waals surface area contributed by atoms with E-state index in [2.05, 4.69) is 0 Å². The zero-order valence-electron chi connectivity index (χ0n) is 12.1. The summed E-state index contributed by atoms with van der Waals surface area (Å²) in [6.45, 7) is 3.82. The molecule has 0 bridgehead atoms. The van der Waals surface area contributed by atoms with Crippen LogP contribution in [0.1, 0.15) is 19.8 Å². The molecular weight excluding hydrogens is 276 g/mol. The van der Waals surface area contributed by atoms with Crippen LogP contribution in [0.25, 0.3) is 0 Å². The van der Waals surface area contributed by atoms with Crippen LogP contribution in [-0.4, -0.2) is 50.6 Å². The molecule has 21 heavy (non-hydrogen) atoms. The molecule has 6 heteroatoms. The Labute approximate surface area is 123 Å². The first kappa shape index (κ1) is 14.5. The van der Waals surface area contributed by atoms with E-state index in [1.165, 1.54) is 0 Å². The van der Waals surface area contributed by atoms with Crippen molar-refractivity contribution in [1.82, 2.24) is 0 Å². The van der Waals surface area contributed by atoms with E-state index in [0.717, 1.165) is 6.42 Å². The van der Waals surface area contributed by atoms with E-state index < -0.39 is 11.9 Å². The van der Waals surface area contributed by atoms with Crippen molar-refractivity contribution in [1.29, 1.82) is 0 Å². The van der Waals surface area contributed by atoms with Crippen LogP contribution >= 0.6 is 0 Å². The molecule has 0 saturated carbocycles. The fourth-order valence-corrected chi connectivity index (χ4v) is 2.40. The Balaban J connectivity index is 1.59. The first-order valence-electron chi connectivity index (χ1n) is 7.42. The predicted octanol–water partition coefficient (Wildman–Crippen LogP) is 0.843. The lowest BCUT2D eigenvalue weighted by Gasteiger charge is -2.24. The van der Waals surface area contributed by atoms with Gasteiger partial charge in [-0.05, 0) is 18.8 Å². The summed E-state index contributed by atoms with van der Waals surface area (Å²) in [6, 6.07) is 0. The fraction of sp³-hybridized carbons (Fsp3) is 0.733. The zero-order chi connectivity index (χ0) is 14.8. The Morgan fingerprint density at radius 2 is 1.76 bits per heavy atom. The van der Waals surface area contributed by atoms with Gasteiger partial charge in [0.25, 0.3) is 0 Å². The number of hydrogen-bond donors (Lipinski definition) is 0. The summed E-state index contributed by atoms with van der Waals surface area (Å²) < 4.78 is 20.5. The Bertz CT molecular complexity index is 449. The molecule has 3 rings (SSSR count). The SMILES string of the molecule is CC1C=C(C(=O)OCC2CO2)C(C(=O)OCC2CO2)CC1. The number of ether oxygens (including phenoxy) is 4. The number of esters is 2. The second-order valence-corrected chi connectivity index (χ2v) is 5.87. The van der Waals surface area contributed by atoms with Gasteiger partial charge in [0.1, 0.15) is 25.4 Å². The maximum atomic E-state index is 12.2. The molecule has 0 aromatic heterocycles. The third-order valence-corrected chi connectivity index (χ3v) is 3.89. The van der Waals surface area contributed by atoms with Crippen molar-refractivity contribution in [3.63, 3.8) is 0 Å². The molecule has 2 saturated heterocycles. The van der Waals surface area contributed by atoms with Crippen molar-refractivity contribution >= 4 is 11.9 Å². The summed E-state index contributed by atoms with van der Waals surface area (Å²) in [5.74, 6) is -1.04. The molecule has 6 nitrogen and oxygen atoms in total. The van der Waals surface area contributed by atoms with Crippen molar-refractivity contribution in [2.75, 3.05) is 26.4 Å². The van der Waals surface area contributed by atoms with Gasteiger partial charge in [-0.1, -0.05) is 13.0 Å². The summed E-state index contributed by atoms with van der Waals surface area (Å²) in [5.41, 5.74) is 0.427. The highest BCUT2D eigenvalue weighted by Crippen LogP contribution is 2.30. The van der Waals surface area contributed by atoms with Crippen LogP contribution in [0.4, 0.5) is 0 Å². The molecular formula is C15H20O6. The Kier molecular flexibility index (Phi) is 4.26. The van der Waals surface area contributed by atoms with Crippen molar-refractivity contribution in [2.24, 2.45) is 11.8 Å². The minimum atomic E-state index is -0.521. The molecule has 0 amide bonds. The molecule has 3 aliphatic rings. The van der Waals surface area contributed by atoms with Crippen molar-refractivity contribution in [3.8, 4) is 0 Å². The van der Waals surface area contributed by atoms with Gasteiger partial charge in [-0.25, -0.2) is 4.79 Å². The minimum absolute atomic E-state index is 0.0213. The van der Waals surface area contributed by atoms with E-state index in [9.17, 15) is 9.59 Å². The third kappa shape index (κ3) is 4.04. The number of allylic oxidation sites excluding steroid dienone is 1. The second-order valence-electron chi connectivity index (χ2n) is 5.87. The number of epoxide rings is 2. The lowest BCUT2D eigenvalue weighted by Crippen LogP contribution is -2.30. The van der Waals surface area contributed by atoms with Gasteiger partial charge < -0.3 is 18.9 Å². The summed E-state index contributed by atoms with van der Waals surface area (Å²) in [4.78, 5) is 24.3. The number of rotatable bonds is 6. The molecule has 0 N–H and O–H groups in total. The van der Waals surface area contributed by atoms with Gasteiger partial charge in [0.2, 0.25) is 0 Å². The minimum Gasteiger partial charge on any atom is -0.462 e. The van der Waals surface area contributed by atoms with Crippen LogP contribution in [0.15, 0.2) is 11.6 Å². The van der Waals surface area contributed by atoms with Crippen molar-refractivity contribution < 1.29 is 28.5 Å². The largest absolute Gasteiger partial charge is 0.462 e. The van der Waals surface area contributed by atoms with Gasteiger partial charge in [0.05, 0.1) is 19.1 Å². The third-order valence-electron chi connectivity index (χ3n) is 3.89. The highest BCUT2D eigenvalue weighted by molar-refractivity contribution is 5.95. The molecule has 4 unspecified atom stereocenters. The van der Waals surface area contributed by atoms with Gasteiger partial charge in [0.15, 0.2) is 0 Å². The van der Waals surface area contributed by atoms with Crippen LogP contribution in [0, 0.1) is 11.8 Å². The van der Waals surface area contributed by atoms with Gasteiger partial charge in [0, 0.05) is 5.57 Å². The van der Waals surface area contributed by atoms with E-state index >= 15 is 0 Å². The summed E-state index contributed by atoms with van der Waals surface area (Å²) in [7, 11) is 0. The Morgan fingerprint density at radius 3 is 2.38 bits per heavy atom. The number of carbonyl (C=O) groups is 2. The first-order valence-corrected chi connectivity index (χ1v) is 7.42. The fourth-order valence-electron chi connectivity index (χ4n) is 2.40. The monoisotopic (exact) mass is 296 g/mol. The lowest BCUT2D eigenvalue weighted by molar-refractivity contribution is -0.151. The van der Waals surface area contributed by atoms with Crippen LogP contribution in [-0.2, 0) is 28.5 Å². The molecule has 4 atom stereocenters. The summed E-state index contributed by atoms with van der Waals surface area (Å²) >= 11 is 0. The highest BCUT2D eigenvalue weighted by atomic mass is 16.6. The van der Waals surface area contributed by atoms with Crippen molar-refractivity contribution in [3.05, 3.63) is 11.6 Å². The molecule has 2 heterocycles. The van der Waals surface area contributed by atoms with Crippen LogP contribution in [0.3, 0.4) is 0 Å². The topological polar surface area (TPSA) is 77.7 Å². The van der Waals surface area contributed by atoms with Crippen LogP contribution in [0.2, 0.25) is 0 Å². The average molecular weight is 296 g/mol. The molecule has 116 valence electrons. The van der Waals surface area contributed by atoms with Crippen molar-refractivity contribution in [2.45, 2.75) is 32.0 Å². The average Bonchev–Trinajstić information content (AvgIpc) is 3.36. The number of hydrogen-bond acceptors (Lipinski definition) is 6. The molecule has 2 fully saturated rings. The predicted molar refractivity (Wildman–Crippen MR) is 71.4 cm³/mol. The van der Waals surface area contributed by atoms with Gasteiger partial charge in [-0.2, -0.15) is 0 Å². The standard InChI is InChI=1S/C15H20O6/c1-9-2-3-12(14(16)20-7-10-5-18-10)13(4-9)15(17)21-8-11-6-19-11/h4,9-12H,2-3,5-8H2,1H3. The Hall–Kier alpha value is -1.40. The smallest absolute Gasteiger partial charge is 0.334 e. The quantitative estimate of drug-likeness (QED) is 0.534. The van der Waals surface area contributed by atoms with E-state index in [0.29, 0.717) is 25.2 Å². The molecule has 0 spiro atoms. The number of carbonyl (C=O) groups excluding carboxylic acids is 2. The second kappa shape index (κ2) is 6.15. The van der Waals surface area contributed by atoms with Crippen LogP contribution < -0.4 is 0 Å². The van der Waals surface area contributed by atoms with E-state index in [-0.39, 0.29) is 37.3 Å². The molecule has 1 aliphatic carbocycles. The highest BCUT2D eigenvalue weighted by Gasteiger charge is 2.35. The molecule has 2 aliphatic heterocycles. The van der Waals surface area contributed by atoms with Gasteiger partial charge in [-0.15, -0.1) is 0 Å². The maximum absolute atomic E-state index is 12.2. The van der Waals surface area contributed by atoms with E-state index in [1.54, 1.807) is 0 Å². The van der Waals surface area contributed by atoms with E-state index in [1.807, 2.05) is 13.0 Å². The lowest BCUT2D eigenvalue weighted by atomic mass is 9.83. The molecule has 0 aromatic rings. The maximum Gasteiger partial charge on any atom is 0.334 e. The normalized spacial score (nSPS) is 33.9. The summed E-state index contributed by atoms with van der Waals surface area (Å²) in [5, 5.41) is 0.